The van der Waals surface area contributed by atoms with Crippen molar-refractivity contribution in [2.45, 2.75) is 32.4 Å². The number of hydrogen-bond donors (Lipinski definition) is 2. The van der Waals surface area contributed by atoms with Gasteiger partial charge >= 0.3 is 0 Å². The van der Waals surface area contributed by atoms with Crippen molar-refractivity contribution in [1.82, 2.24) is 10.2 Å². The molecule has 1 fully saturated rings. The minimum absolute atomic E-state index is 0.149. The van der Waals surface area contributed by atoms with Crippen molar-refractivity contribution in [3.63, 3.8) is 0 Å². The van der Waals surface area contributed by atoms with E-state index in [1.807, 2.05) is 17.0 Å². The standard InChI is InChI=1S/C15H22N2O3/c1-11(18)17-7-5-13(6-8-17)16-10-12-3-4-14(20-2)9-15(12)19/h3-4,9,13,16,19H,5-8,10H2,1-2H3. The van der Waals surface area contributed by atoms with Gasteiger partial charge in [-0.05, 0) is 18.9 Å². The smallest absolute Gasteiger partial charge is 0.219 e. The quantitative estimate of drug-likeness (QED) is 0.876. The lowest BCUT2D eigenvalue weighted by atomic mass is 10.0. The topological polar surface area (TPSA) is 61.8 Å². The van der Waals surface area contributed by atoms with E-state index in [2.05, 4.69) is 5.32 Å². The molecule has 0 aromatic heterocycles. The zero-order chi connectivity index (χ0) is 14.5. The van der Waals surface area contributed by atoms with E-state index in [1.165, 1.54) is 0 Å². The van der Waals surface area contributed by atoms with Crippen molar-refractivity contribution in [2.24, 2.45) is 0 Å². The summed E-state index contributed by atoms with van der Waals surface area (Å²) >= 11 is 0. The number of phenolic OH excluding ortho intramolecular Hbond substituents is 1. The largest absolute Gasteiger partial charge is 0.507 e. The zero-order valence-corrected chi connectivity index (χ0v) is 12.1. The summed E-state index contributed by atoms with van der Waals surface area (Å²) in [4.78, 5) is 13.1. The zero-order valence-electron chi connectivity index (χ0n) is 12.1. The number of methoxy groups -OCH3 is 1. The Kier molecular flexibility index (Phi) is 4.84. The third kappa shape index (κ3) is 3.63. The summed E-state index contributed by atoms with van der Waals surface area (Å²) in [6.45, 7) is 3.85. The molecule has 1 aliphatic heterocycles. The Morgan fingerprint density at radius 1 is 1.45 bits per heavy atom. The van der Waals surface area contributed by atoms with Crippen molar-refractivity contribution in [2.75, 3.05) is 20.2 Å². The number of piperidine rings is 1. The SMILES string of the molecule is COc1ccc(CNC2CCN(C(C)=O)CC2)c(O)c1. The Labute approximate surface area is 119 Å². The van der Waals surface area contributed by atoms with E-state index in [-0.39, 0.29) is 11.7 Å². The van der Waals surface area contributed by atoms with Gasteiger partial charge < -0.3 is 20.1 Å². The van der Waals surface area contributed by atoms with Crippen LogP contribution in [-0.4, -0.2) is 42.2 Å². The second-order valence-electron chi connectivity index (χ2n) is 5.16. The average Bonchev–Trinajstić information content (AvgIpc) is 2.46. The fraction of sp³-hybridized carbons (Fsp3) is 0.533. The van der Waals surface area contributed by atoms with Crippen molar-refractivity contribution >= 4 is 5.91 Å². The van der Waals surface area contributed by atoms with Gasteiger partial charge in [-0.2, -0.15) is 0 Å². The normalized spacial score (nSPS) is 16.2. The fourth-order valence-corrected chi connectivity index (χ4v) is 2.47. The van der Waals surface area contributed by atoms with Gasteiger partial charge in [-0.25, -0.2) is 0 Å². The highest BCUT2D eigenvalue weighted by Gasteiger charge is 2.20. The van der Waals surface area contributed by atoms with Crippen LogP contribution in [-0.2, 0) is 11.3 Å². The number of hydrogen-bond acceptors (Lipinski definition) is 4. The lowest BCUT2D eigenvalue weighted by Crippen LogP contribution is -2.43. The lowest BCUT2D eigenvalue weighted by Gasteiger charge is -2.31. The molecule has 2 N–H and O–H groups in total. The molecule has 0 bridgehead atoms. The lowest BCUT2D eigenvalue weighted by molar-refractivity contribution is -0.129. The number of benzene rings is 1. The number of carbonyl (C=O) groups excluding carboxylic acids is 1. The van der Waals surface area contributed by atoms with E-state index in [1.54, 1.807) is 20.1 Å². The minimum Gasteiger partial charge on any atom is -0.507 e. The third-order valence-electron chi connectivity index (χ3n) is 3.81. The van der Waals surface area contributed by atoms with Gasteiger partial charge in [0.2, 0.25) is 5.91 Å². The van der Waals surface area contributed by atoms with E-state index in [0.717, 1.165) is 31.5 Å². The average molecular weight is 278 g/mol. The number of amides is 1. The van der Waals surface area contributed by atoms with Crippen LogP contribution in [0.4, 0.5) is 0 Å². The van der Waals surface area contributed by atoms with Crippen LogP contribution in [0.2, 0.25) is 0 Å². The summed E-state index contributed by atoms with van der Waals surface area (Å²) in [5.74, 6) is 1.05. The van der Waals surface area contributed by atoms with Crippen molar-refractivity contribution < 1.29 is 14.6 Å². The molecule has 1 aromatic rings. The van der Waals surface area contributed by atoms with Crippen LogP contribution < -0.4 is 10.1 Å². The molecule has 1 heterocycles. The summed E-state index contributed by atoms with van der Waals surface area (Å²) in [6.07, 6.45) is 1.91. The molecule has 0 radical (unpaired) electrons. The summed E-state index contributed by atoms with van der Waals surface area (Å²) in [5.41, 5.74) is 0.861. The van der Waals surface area contributed by atoms with Gasteiger partial charge in [0.05, 0.1) is 7.11 Å². The fourth-order valence-electron chi connectivity index (χ4n) is 2.47. The molecule has 1 aliphatic rings. The number of carbonyl (C=O) groups is 1. The first-order chi connectivity index (χ1) is 9.60. The molecule has 110 valence electrons. The number of aromatic hydroxyl groups is 1. The Morgan fingerprint density at radius 2 is 2.15 bits per heavy atom. The number of phenols is 1. The molecule has 0 atom stereocenters. The van der Waals surface area contributed by atoms with Crippen LogP contribution in [0.25, 0.3) is 0 Å². The monoisotopic (exact) mass is 278 g/mol. The second kappa shape index (κ2) is 6.61. The molecule has 0 unspecified atom stereocenters. The van der Waals surface area contributed by atoms with E-state index in [4.69, 9.17) is 4.74 Å². The Balaban J connectivity index is 1.83. The molecule has 1 aromatic carbocycles. The number of ether oxygens (including phenoxy) is 1. The molecule has 5 heteroatoms. The maximum absolute atomic E-state index is 11.3. The van der Waals surface area contributed by atoms with E-state index in [9.17, 15) is 9.90 Å². The van der Waals surface area contributed by atoms with Gasteiger partial charge in [-0.3, -0.25) is 4.79 Å². The van der Waals surface area contributed by atoms with Crippen molar-refractivity contribution in [1.29, 1.82) is 0 Å². The van der Waals surface area contributed by atoms with Crippen LogP contribution >= 0.6 is 0 Å². The third-order valence-corrected chi connectivity index (χ3v) is 3.81. The molecule has 0 aliphatic carbocycles. The summed E-state index contributed by atoms with van der Waals surface area (Å²) in [5, 5.41) is 13.3. The van der Waals surface area contributed by atoms with Gasteiger partial charge in [-0.1, -0.05) is 6.07 Å². The maximum atomic E-state index is 11.3. The van der Waals surface area contributed by atoms with Gasteiger partial charge in [0.15, 0.2) is 0 Å². The molecular formula is C15H22N2O3. The highest BCUT2D eigenvalue weighted by molar-refractivity contribution is 5.73. The van der Waals surface area contributed by atoms with Crippen LogP contribution in [0.3, 0.4) is 0 Å². The van der Waals surface area contributed by atoms with Gasteiger partial charge in [0, 0.05) is 44.2 Å². The Bertz CT molecular complexity index is 468. The Morgan fingerprint density at radius 3 is 2.70 bits per heavy atom. The van der Waals surface area contributed by atoms with E-state index < -0.39 is 0 Å². The van der Waals surface area contributed by atoms with Gasteiger partial charge in [0.1, 0.15) is 11.5 Å². The summed E-state index contributed by atoms with van der Waals surface area (Å²) < 4.78 is 5.06. The molecule has 5 nitrogen and oxygen atoms in total. The van der Waals surface area contributed by atoms with Crippen LogP contribution in [0.1, 0.15) is 25.3 Å². The van der Waals surface area contributed by atoms with Crippen molar-refractivity contribution in [3.05, 3.63) is 23.8 Å². The molecule has 0 spiro atoms. The van der Waals surface area contributed by atoms with Gasteiger partial charge in [-0.15, -0.1) is 0 Å². The van der Waals surface area contributed by atoms with Crippen molar-refractivity contribution in [3.8, 4) is 11.5 Å². The Hall–Kier alpha value is -1.75. The first-order valence-electron chi connectivity index (χ1n) is 6.95. The number of nitrogens with zero attached hydrogens (tertiary/aromatic N) is 1. The maximum Gasteiger partial charge on any atom is 0.219 e. The molecule has 1 saturated heterocycles. The molecular weight excluding hydrogens is 256 g/mol. The highest BCUT2D eigenvalue weighted by Crippen LogP contribution is 2.23. The number of nitrogens with one attached hydrogen (secondary N) is 1. The second-order valence-corrected chi connectivity index (χ2v) is 5.16. The summed E-state index contributed by atoms with van der Waals surface area (Å²) in [6, 6.07) is 5.73. The molecule has 0 saturated carbocycles. The van der Waals surface area contributed by atoms with Gasteiger partial charge in [0.25, 0.3) is 0 Å². The van der Waals surface area contributed by atoms with Crippen LogP contribution in [0.15, 0.2) is 18.2 Å². The van der Waals surface area contributed by atoms with E-state index >= 15 is 0 Å². The van der Waals surface area contributed by atoms with E-state index in [0.29, 0.717) is 18.3 Å². The molecule has 1 amide bonds. The predicted octanol–water partition coefficient (Wildman–Crippen LogP) is 1.50. The first kappa shape index (κ1) is 14.7. The molecule has 2 rings (SSSR count). The predicted molar refractivity (Wildman–Crippen MR) is 76.8 cm³/mol. The highest BCUT2D eigenvalue weighted by atomic mass is 16.5. The number of rotatable bonds is 4. The first-order valence-corrected chi connectivity index (χ1v) is 6.95. The van der Waals surface area contributed by atoms with Crippen LogP contribution in [0.5, 0.6) is 11.5 Å². The summed E-state index contributed by atoms with van der Waals surface area (Å²) in [7, 11) is 1.58. The minimum atomic E-state index is 0.149. The number of likely N-dealkylation sites (tertiary alicyclic amines) is 1. The molecule has 20 heavy (non-hydrogen) atoms. The van der Waals surface area contributed by atoms with Crippen LogP contribution in [0, 0.1) is 0 Å².